The van der Waals surface area contributed by atoms with Crippen LogP contribution in [0.4, 0.5) is 0 Å². The second kappa shape index (κ2) is 4.46. The summed E-state index contributed by atoms with van der Waals surface area (Å²) in [4.78, 5) is 9.90. The SMILES string of the molecule is NCc1cccc(/C=C/[C]=O)c1. The van der Waals surface area contributed by atoms with E-state index in [1.54, 1.807) is 12.4 Å². The van der Waals surface area contributed by atoms with Gasteiger partial charge in [-0.25, -0.2) is 0 Å². The van der Waals surface area contributed by atoms with Crippen LogP contribution in [-0.4, -0.2) is 6.29 Å². The van der Waals surface area contributed by atoms with Crippen LogP contribution in [0.1, 0.15) is 11.1 Å². The number of hydrogen-bond donors (Lipinski definition) is 1. The van der Waals surface area contributed by atoms with Crippen LogP contribution in [0.15, 0.2) is 30.3 Å². The van der Waals surface area contributed by atoms with Gasteiger partial charge in [-0.3, -0.25) is 4.79 Å². The number of nitrogens with two attached hydrogens (primary N) is 1. The predicted molar refractivity (Wildman–Crippen MR) is 49.1 cm³/mol. The quantitative estimate of drug-likeness (QED) is 0.676. The summed E-state index contributed by atoms with van der Waals surface area (Å²) in [5, 5.41) is 0. The molecule has 0 aromatic heterocycles. The van der Waals surface area contributed by atoms with Crippen LogP contribution in [0.5, 0.6) is 0 Å². The maximum Gasteiger partial charge on any atom is 0.225 e. The van der Waals surface area contributed by atoms with Gasteiger partial charge in [0, 0.05) is 6.54 Å². The van der Waals surface area contributed by atoms with Gasteiger partial charge in [-0.05, 0) is 17.2 Å². The zero-order valence-corrected chi connectivity index (χ0v) is 6.66. The number of benzene rings is 1. The Morgan fingerprint density at radius 3 is 3.00 bits per heavy atom. The summed E-state index contributed by atoms with van der Waals surface area (Å²) in [6.45, 7) is 0.520. The fourth-order valence-corrected chi connectivity index (χ4v) is 0.954. The molecule has 1 aromatic rings. The first-order chi connectivity index (χ1) is 5.86. The molecule has 0 aliphatic heterocycles. The molecule has 1 radical (unpaired) electrons. The van der Waals surface area contributed by atoms with Crippen molar-refractivity contribution in [1.29, 1.82) is 0 Å². The van der Waals surface area contributed by atoms with Crippen molar-refractivity contribution < 1.29 is 4.79 Å². The highest BCUT2D eigenvalue weighted by Crippen LogP contribution is 2.05. The van der Waals surface area contributed by atoms with Crippen LogP contribution in [0.3, 0.4) is 0 Å². The Hall–Kier alpha value is -1.41. The van der Waals surface area contributed by atoms with Crippen LogP contribution in [0, 0.1) is 0 Å². The van der Waals surface area contributed by atoms with Crippen LogP contribution in [0.2, 0.25) is 0 Å². The Labute approximate surface area is 71.7 Å². The molecule has 0 fully saturated rings. The third-order valence-corrected chi connectivity index (χ3v) is 1.53. The molecule has 1 rings (SSSR count). The maximum absolute atomic E-state index is 9.90. The molecule has 0 amide bonds. The van der Waals surface area contributed by atoms with E-state index in [2.05, 4.69) is 0 Å². The van der Waals surface area contributed by atoms with E-state index in [1.807, 2.05) is 24.3 Å². The van der Waals surface area contributed by atoms with Crippen LogP contribution in [-0.2, 0) is 11.3 Å². The van der Waals surface area contributed by atoms with Crippen molar-refractivity contribution in [3.8, 4) is 0 Å². The topological polar surface area (TPSA) is 43.1 Å². The van der Waals surface area contributed by atoms with Gasteiger partial charge < -0.3 is 5.73 Å². The van der Waals surface area contributed by atoms with Crippen molar-refractivity contribution >= 4 is 12.4 Å². The van der Waals surface area contributed by atoms with Gasteiger partial charge in [0.1, 0.15) is 0 Å². The average molecular weight is 160 g/mol. The van der Waals surface area contributed by atoms with E-state index >= 15 is 0 Å². The second-order valence-electron chi connectivity index (χ2n) is 2.40. The third kappa shape index (κ3) is 2.32. The summed E-state index contributed by atoms with van der Waals surface area (Å²) in [7, 11) is 0. The summed E-state index contributed by atoms with van der Waals surface area (Å²) in [5.41, 5.74) is 7.48. The molecular formula is C10H10NO. The van der Waals surface area contributed by atoms with Gasteiger partial charge in [0.15, 0.2) is 0 Å². The normalized spacial score (nSPS) is 10.4. The monoisotopic (exact) mass is 160 g/mol. The van der Waals surface area contributed by atoms with Crippen molar-refractivity contribution in [3.05, 3.63) is 41.5 Å². The van der Waals surface area contributed by atoms with E-state index in [1.165, 1.54) is 6.08 Å². The molecule has 0 saturated carbocycles. The third-order valence-electron chi connectivity index (χ3n) is 1.53. The first-order valence-electron chi connectivity index (χ1n) is 3.70. The molecule has 2 nitrogen and oxygen atoms in total. The zero-order chi connectivity index (χ0) is 8.81. The minimum absolute atomic E-state index is 0.520. The molecule has 0 saturated heterocycles. The standard InChI is InChI=1S/C10H10NO/c11-8-10-4-1-3-9(7-10)5-2-6-12/h1-5,7H,8,11H2/b5-2+. The van der Waals surface area contributed by atoms with E-state index in [4.69, 9.17) is 5.73 Å². The Morgan fingerprint density at radius 1 is 1.50 bits per heavy atom. The molecule has 61 valence electrons. The van der Waals surface area contributed by atoms with Crippen molar-refractivity contribution in [2.75, 3.05) is 0 Å². The summed E-state index contributed by atoms with van der Waals surface area (Å²) < 4.78 is 0. The van der Waals surface area contributed by atoms with E-state index in [-0.39, 0.29) is 0 Å². The number of rotatable bonds is 3. The maximum atomic E-state index is 9.90. The van der Waals surface area contributed by atoms with Gasteiger partial charge in [-0.15, -0.1) is 0 Å². The summed E-state index contributed by atoms with van der Waals surface area (Å²) >= 11 is 0. The summed E-state index contributed by atoms with van der Waals surface area (Å²) in [5.74, 6) is 0. The zero-order valence-electron chi connectivity index (χ0n) is 6.66. The molecule has 2 N–H and O–H groups in total. The van der Waals surface area contributed by atoms with Crippen LogP contribution < -0.4 is 5.73 Å². The first-order valence-corrected chi connectivity index (χ1v) is 3.70. The van der Waals surface area contributed by atoms with E-state index in [9.17, 15) is 4.79 Å². The minimum Gasteiger partial charge on any atom is -0.326 e. The summed E-state index contributed by atoms with van der Waals surface area (Å²) in [6.07, 6.45) is 4.74. The number of allylic oxidation sites excluding steroid dienone is 1. The first kappa shape index (κ1) is 8.68. The van der Waals surface area contributed by atoms with Crippen molar-refractivity contribution in [2.24, 2.45) is 5.73 Å². The minimum atomic E-state index is 0.520. The Kier molecular flexibility index (Phi) is 3.23. The molecule has 0 spiro atoms. The van der Waals surface area contributed by atoms with Gasteiger partial charge in [-0.1, -0.05) is 30.3 Å². The highest BCUT2D eigenvalue weighted by atomic mass is 16.1. The van der Waals surface area contributed by atoms with Crippen molar-refractivity contribution in [3.63, 3.8) is 0 Å². The van der Waals surface area contributed by atoms with Crippen molar-refractivity contribution in [2.45, 2.75) is 6.54 Å². The van der Waals surface area contributed by atoms with Gasteiger partial charge >= 0.3 is 0 Å². The molecule has 0 heterocycles. The Morgan fingerprint density at radius 2 is 2.33 bits per heavy atom. The Bertz CT molecular complexity index is 292. The average Bonchev–Trinajstić information content (AvgIpc) is 2.15. The van der Waals surface area contributed by atoms with E-state index < -0.39 is 0 Å². The molecule has 2 heteroatoms. The highest BCUT2D eigenvalue weighted by Gasteiger charge is 1.89. The van der Waals surface area contributed by atoms with Gasteiger partial charge in [-0.2, -0.15) is 0 Å². The van der Waals surface area contributed by atoms with Crippen LogP contribution in [0.25, 0.3) is 6.08 Å². The molecule has 1 aromatic carbocycles. The van der Waals surface area contributed by atoms with E-state index in [0.29, 0.717) is 6.54 Å². The number of hydrogen-bond acceptors (Lipinski definition) is 2. The lowest BCUT2D eigenvalue weighted by atomic mass is 10.1. The molecule has 12 heavy (non-hydrogen) atoms. The fraction of sp³-hybridized carbons (Fsp3) is 0.100. The van der Waals surface area contributed by atoms with Crippen molar-refractivity contribution in [1.82, 2.24) is 0 Å². The summed E-state index contributed by atoms with van der Waals surface area (Å²) in [6, 6.07) is 7.70. The van der Waals surface area contributed by atoms with E-state index in [0.717, 1.165) is 11.1 Å². The molecule has 0 atom stereocenters. The smallest absolute Gasteiger partial charge is 0.225 e. The second-order valence-corrected chi connectivity index (χ2v) is 2.40. The van der Waals surface area contributed by atoms with Crippen LogP contribution >= 0.6 is 0 Å². The van der Waals surface area contributed by atoms with Gasteiger partial charge in [0.2, 0.25) is 6.29 Å². The van der Waals surface area contributed by atoms with Gasteiger partial charge in [0.05, 0.1) is 0 Å². The lowest BCUT2D eigenvalue weighted by Gasteiger charge is -1.96. The highest BCUT2D eigenvalue weighted by molar-refractivity contribution is 5.74. The molecule has 0 bridgehead atoms. The molecule has 0 aliphatic carbocycles. The predicted octanol–water partition coefficient (Wildman–Crippen LogP) is 1.27. The molecule has 0 aliphatic rings. The molecule has 0 unspecified atom stereocenters. The molecular weight excluding hydrogens is 150 g/mol. The lowest BCUT2D eigenvalue weighted by Crippen LogP contribution is -1.95. The number of carbonyl (C=O) groups excluding carboxylic acids is 1. The lowest BCUT2D eigenvalue weighted by molar-refractivity contribution is 0.564. The Balaban J connectivity index is 2.86. The fourth-order valence-electron chi connectivity index (χ4n) is 0.954. The van der Waals surface area contributed by atoms with Gasteiger partial charge in [0.25, 0.3) is 0 Å². The largest absolute Gasteiger partial charge is 0.326 e.